The molecule has 0 unspecified atom stereocenters. The third-order valence-electron chi connectivity index (χ3n) is 3.29. The van der Waals surface area contributed by atoms with E-state index in [9.17, 15) is 4.79 Å². The number of hydrogen-bond acceptors (Lipinski definition) is 6. The Bertz CT molecular complexity index is 451. The van der Waals surface area contributed by atoms with Gasteiger partial charge < -0.3 is 24.2 Å². The number of urea groups is 1. The SMILES string of the molecule is CCc1noc(CNC(=O)N2CCO[C@H](CCOC)C2)n1. The minimum atomic E-state index is -0.142. The highest BCUT2D eigenvalue weighted by atomic mass is 16.5. The third kappa shape index (κ3) is 4.68. The van der Waals surface area contributed by atoms with Gasteiger partial charge in [0.05, 0.1) is 19.3 Å². The Balaban J connectivity index is 1.76. The zero-order chi connectivity index (χ0) is 15.1. The van der Waals surface area contributed by atoms with Gasteiger partial charge in [0.1, 0.15) is 0 Å². The molecule has 21 heavy (non-hydrogen) atoms. The summed E-state index contributed by atoms with van der Waals surface area (Å²) in [6.45, 7) is 4.51. The molecule has 1 aliphatic heterocycles. The maximum absolute atomic E-state index is 12.1. The summed E-state index contributed by atoms with van der Waals surface area (Å²) < 4.78 is 15.7. The van der Waals surface area contributed by atoms with Crippen molar-refractivity contribution in [1.29, 1.82) is 0 Å². The van der Waals surface area contributed by atoms with Crippen LogP contribution in [0.3, 0.4) is 0 Å². The van der Waals surface area contributed by atoms with E-state index >= 15 is 0 Å². The number of hydrogen-bond donors (Lipinski definition) is 1. The molecule has 1 aliphatic rings. The van der Waals surface area contributed by atoms with Gasteiger partial charge in [0.15, 0.2) is 5.82 Å². The normalized spacial score (nSPS) is 18.8. The Hall–Kier alpha value is -1.67. The van der Waals surface area contributed by atoms with Crippen LogP contribution in [-0.2, 0) is 22.4 Å². The zero-order valence-electron chi connectivity index (χ0n) is 12.5. The molecule has 118 valence electrons. The molecule has 0 saturated carbocycles. The lowest BCUT2D eigenvalue weighted by Gasteiger charge is -2.32. The van der Waals surface area contributed by atoms with Gasteiger partial charge in [0.25, 0.3) is 0 Å². The predicted octanol–water partition coefficient (Wildman–Crippen LogP) is 0.579. The fourth-order valence-corrected chi connectivity index (χ4v) is 2.10. The number of rotatable bonds is 6. The van der Waals surface area contributed by atoms with Crippen LogP contribution >= 0.6 is 0 Å². The van der Waals surface area contributed by atoms with Crippen molar-refractivity contribution in [3.63, 3.8) is 0 Å². The van der Waals surface area contributed by atoms with E-state index in [1.807, 2.05) is 6.92 Å². The number of carbonyl (C=O) groups is 1. The highest BCUT2D eigenvalue weighted by Crippen LogP contribution is 2.09. The molecule has 1 aromatic heterocycles. The number of morpholine rings is 1. The van der Waals surface area contributed by atoms with Gasteiger partial charge in [-0.3, -0.25) is 0 Å². The highest BCUT2D eigenvalue weighted by molar-refractivity contribution is 5.74. The molecule has 1 N–H and O–H groups in total. The Kier molecular flexibility index (Phi) is 5.94. The van der Waals surface area contributed by atoms with E-state index in [2.05, 4.69) is 15.5 Å². The van der Waals surface area contributed by atoms with Crippen LogP contribution in [0.4, 0.5) is 4.79 Å². The molecular weight excluding hydrogens is 276 g/mol. The Morgan fingerprint density at radius 1 is 1.57 bits per heavy atom. The molecule has 8 nitrogen and oxygen atoms in total. The van der Waals surface area contributed by atoms with Crippen molar-refractivity contribution < 1.29 is 18.8 Å². The smallest absolute Gasteiger partial charge is 0.318 e. The summed E-state index contributed by atoms with van der Waals surface area (Å²) in [6.07, 6.45) is 1.52. The molecule has 8 heteroatoms. The van der Waals surface area contributed by atoms with Crippen LogP contribution in [0.15, 0.2) is 4.52 Å². The van der Waals surface area contributed by atoms with E-state index < -0.39 is 0 Å². The first-order chi connectivity index (χ1) is 10.2. The molecule has 0 spiro atoms. The van der Waals surface area contributed by atoms with Gasteiger partial charge in [0, 0.05) is 33.2 Å². The first-order valence-electron chi connectivity index (χ1n) is 7.17. The van der Waals surface area contributed by atoms with Gasteiger partial charge in [-0.05, 0) is 6.42 Å². The van der Waals surface area contributed by atoms with Crippen LogP contribution in [0, 0.1) is 0 Å². The van der Waals surface area contributed by atoms with Crippen molar-refractivity contribution in [2.24, 2.45) is 0 Å². The van der Waals surface area contributed by atoms with Crippen LogP contribution < -0.4 is 5.32 Å². The van der Waals surface area contributed by atoms with Gasteiger partial charge >= 0.3 is 6.03 Å². The molecule has 2 heterocycles. The first kappa shape index (κ1) is 15.7. The number of aromatic nitrogens is 2. The summed E-state index contributed by atoms with van der Waals surface area (Å²) in [4.78, 5) is 18.0. The fraction of sp³-hybridized carbons (Fsp3) is 0.769. The maximum Gasteiger partial charge on any atom is 0.318 e. The average Bonchev–Trinajstić information content (AvgIpc) is 2.99. The van der Waals surface area contributed by atoms with Crippen LogP contribution in [0.1, 0.15) is 25.1 Å². The highest BCUT2D eigenvalue weighted by Gasteiger charge is 2.24. The van der Waals surface area contributed by atoms with Gasteiger partial charge in [-0.25, -0.2) is 4.79 Å². The van der Waals surface area contributed by atoms with E-state index in [1.54, 1.807) is 12.0 Å². The van der Waals surface area contributed by atoms with E-state index in [1.165, 1.54) is 0 Å². The Labute approximate surface area is 123 Å². The molecule has 0 aromatic carbocycles. The Morgan fingerprint density at radius 2 is 2.43 bits per heavy atom. The molecule has 2 rings (SSSR count). The molecule has 0 bridgehead atoms. The lowest BCUT2D eigenvalue weighted by Crippen LogP contribution is -2.49. The second-order valence-corrected chi connectivity index (χ2v) is 4.84. The number of ether oxygens (including phenoxy) is 2. The topological polar surface area (TPSA) is 89.7 Å². The van der Waals surface area contributed by atoms with Crippen molar-refractivity contribution in [2.75, 3.05) is 33.4 Å². The summed E-state index contributed by atoms with van der Waals surface area (Å²) >= 11 is 0. The second-order valence-electron chi connectivity index (χ2n) is 4.84. The standard InChI is InChI=1S/C13H22N4O4/c1-3-11-15-12(21-16-11)8-14-13(18)17-5-7-20-10(9-17)4-6-19-2/h10H,3-9H2,1-2H3,(H,14,18)/t10-/m1/s1. The quantitative estimate of drug-likeness (QED) is 0.826. The summed E-state index contributed by atoms with van der Waals surface area (Å²) in [6, 6.07) is -0.142. The molecule has 1 aromatic rings. The molecule has 1 fully saturated rings. The summed E-state index contributed by atoms with van der Waals surface area (Å²) in [5.74, 6) is 1.06. The minimum Gasteiger partial charge on any atom is -0.385 e. The first-order valence-corrected chi connectivity index (χ1v) is 7.17. The number of carbonyl (C=O) groups excluding carboxylic acids is 1. The van der Waals surface area contributed by atoms with Gasteiger partial charge in [-0.1, -0.05) is 12.1 Å². The number of nitrogens with one attached hydrogen (secondary N) is 1. The van der Waals surface area contributed by atoms with Crippen molar-refractivity contribution >= 4 is 6.03 Å². The van der Waals surface area contributed by atoms with E-state index in [0.29, 0.717) is 44.4 Å². The molecule has 0 radical (unpaired) electrons. The van der Waals surface area contributed by atoms with Gasteiger partial charge in [0.2, 0.25) is 5.89 Å². The van der Waals surface area contributed by atoms with Gasteiger partial charge in [-0.2, -0.15) is 4.98 Å². The van der Waals surface area contributed by atoms with Crippen LogP contribution in [0.25, 0.3) is 0 Å². The van der Waals surface area contributed by atoms with Crippen LogP contribution in [-0.4, -0.2) is 60.6 Å². The minimum absolute atomic E-state index is 0.0274. The van der Waals surface area contributed by atoms with Crippen LogP contribution in [0.2, 0.25) is 0 Å². The zero-order valence-corrected chi connectivity index (χ0v) is 12.5. The van der Waals surface area contributed by atoms with Crippen molar-refractivity contribution in [1.82, 2.24) is 20.4 Å². The lowest BCUT2D eigenvalue weighted by atomic mass is 10.2. The fourth-order valence-electron chi connectivity index (χ4n) is 2.10. The summed E-state index contributed by atoms with van der Waals surface area (Å²) in [5, 5.41) is 6.57. The van der Waals surface area contributed by atoms with Crippen molar-refractivity contribution in [3.05, 3.63) is 11.7 Å². The van der Waals surface area contributed by atoms with Crippen LogP contribution in [0.5, 0.6) is 0 Å². The number of amides is 2. The molecule has 2 amide bonds. The molecule has 0 aliphatic carbocycles. The second kappa shape index (κ2) is 7.94. The predicted molar refractivity (Wildman–Crippen MR) is 73.7 cm³/mol. The molecular formula is C13H22N4O4. The largest absolute Gasteiger partial charge is 0.385 e. The van der Waals surface area contributed by atoms with Crippen molar-refractivity contribution in [2.45, 2.75) is 32.4 Å². The summed E-state index contributed by atoms with van der Waals surface area (Å²) in [5.41, 5.74) is 0. The van der Waals surface area contributed by atoms with E-state index in [4.69, 9.17) is 14.0 Å². The van der Waals surface area contributed by atoms with E-state index in [-0.39, 0.29) is 18.7 Å². The summed E-state index contributed by atoms with van der Waals surface area (Å²) in [7, 11) is 1.66. The Morgan fingerprint density at radius 3 is 3.14 bits per heavy atom. The average molecular weight is 298 g/mol. The molecule has 1 saturated heterocycles. The van der Waals surface area contributed by atoms with Crippen molar-refractivity contribution in [3.8, 4) is 0 Å². The maximum atomic E-state index is 12.1. The number of methoxy groups -OCH3 is 1. The lowest BCUT2D eigenvalue weighted by molar-refractivity contribution is -0.0277. The third-order valence-corrected chi connectivity index (χ3v) is 3.29. The molecule has 1 atom stereocenters. The number of nitrogens with zero attached hydrogens (tertiary/aromatic N) is 3. The van der Waals surface area contributed by atoms with Gasteiger partial charge in [-0.15, -0.1) is 0 Å². The van der Waals surface area contributed by atoms with E-state index in [0.717, 1.165) is 6.42 Å². The number of aryl methyl sites for hydroxylation is 1. The monoisotopic (exact) mass is 298 g/mol.